The summed E-state index contributed by atoms with van der Waals surface area (Å²) in [6.07, 6.45) is 1.44. The maximum Gasteiger partial charge on any atom is 0.307 e. The van der Waals surface area contributed by atoms with Crippen molar-refractivity contribution in [3.8, 4) is 28.7 Å². The molecule has 11 nitrogen and oxygen atoms in total. The molecular formula is C36H34ClN7O4. The van der Waals surface area contributed by atoms with Gasteiger partial charge in [-0.05, 0) is 67.9 Å². The molecule has 0 saturated carbocycles. The molecule has 244 valence electrons. The lowest BCUT2D eigenvalue weighted by Gasteiger charge is -2.21. The summed E-state index contributed by atoms with van der Waals surface area (Å²) >= 11 is 6.66. The number of hydrogen-bond acceptors (Lipinski definition) is 8. The number of halogens is 1. The number of likely N-dealkylation sites (tertiary alicyclic amines) is 1. The van der Waals surface area contributed by atoms with Crippen molar-refractivity contribution < 1.29 is 19.1 Å². The Balaban J connectivity index is 1.18. The molecule has 7 rings (SSSR count). The molecule has 1 fully saturated rings. The number of hydrogen-bond donors (Lipinski definition) is 2. The summed E-state index contributed by atoms with van der Waals surface area (Å²) in [5.74, 6) is -0.792. The number of aromatic nitrogens is 3. The lowest BCUT2D eigenvalue weighted by Crippen LogP contribution is -2.27. The largest absolute Gasteiger partial charge is 0.481 e. The second kappa shape index (κ2) is 12.5. The summed E-state index contributed by atoms with van der Waals surface area (Å²) in [6, 6.07) is 17.2. The molecular weight excluding hydrogens is 630 g/mol. The average molecular weight is 664 g/mol. The molecule has 2 aliphatic rings. The van der Waals surface area contributed by atoms with Crippen LogP contribution in [0.15, 0.2) is 52.9 Å². The number of oxazole rings is 1. The quantitative estimate of drug-likeness (QED) is 0.219. The predicted octanol–water partition coefficient (Wildman–Crippen LogP) is 5.88. The van der Waals surface area contributed by atoms with Crippen molar-refractivity contribution in [1.29, 1.82) is 5.26 Å². The number of benzene rings is 3. The zero-order chi connectivity index (χ0) is 33.7. The number of imidazole rings is 1. The minimum Gasteiger partial charge on any atom is -0.481 e. The Hall–Kier alpha value is -5.02. The smallest absolute Gasteiger partial charge is 0.307 e. The van der Waals surface area contributed by atoms with Gasteiger partial charge < -0.3 is 24.3 Å². The SMILES string of the molecule is Cc1c(-c2nc3cc(CN4CC[C@@H](C(=O)O)C4)cc(Cl)c3o2)cccc1-c1cccc(NC(=O)c2nc3c(n2C)CCN(C)C3)c1C#N. The molecule has 0 unspecified atom stereocenters. The fraction of sp³-hybridized carbons (Fsp3) is 0.306. The van der Waals surface area contributed by atoms with Crippen LogP contribution >= 0.6 is 11.6 Å². The zero-order valence-electron chi connectivity index (χ0n) is 26.9. The summed E-state index contributed by atoms with van der Waals surface area (Å²) in [4.78, 5) is 38.6. The van der Waals surface area contributed by atoms with E-state index in [1.165, 1.54) is 0 Å². The van der Waals surface area contributed by atoms with Crippen molar-refractivity contribution in [1.82, 2.24) is 24.3 Å². The van der Waals surface area contributed by atoms with Gasteiger partial charge in [-0.1, -0.05) is 35.9 Å². The van der Waals surface area contributed by atoms with E-state index in [1.54, 1.807) is 6.07 Å². The lowest BCUT2D eigenvalue weighted by atomic mass is 9.92. The Morgan fingerprint density at radius 1 is 1.10 bits per heavy atom. The zero-order valence-corrected chi connectivity index (χ0v) is 27.6. The van der Waals surface area contributed by atoms with Crippen molar-refractivity contribution in [2.24, 2.45) is 13.0 Å². The summed E-state index contributed by atoms with van der Waals surface area (Å²) in [7, 11) is 3.89. The second-order valence-electron chi connectivity index (χ2n) is 12.7. The first-order chi connectivity index (χ1) is 23.1. The first-order valence-corrected chi connectivity index (χ1v) is 16.2. The highest BCUT2D eigenvalue weighted by Crippen LogP contribution is 2.38. The molecule has 2 aromatic heterocycles. The Morgan fingerprint density at radius 3 is 2.65 bits per heavy atom. The number of amides is 1. The van der Waals surface area contributed by atoms with Crippen LogP contribution in [0.1, 0.15) is 45.1 Å². The van der Waals surface area contributed by atoms with Crippen LogP contribution in [0.3, 0.4) is 0 Å². The fourth-order valence-corrected chi connectivity index (χ4v) is 7.17. The number of rotatable bonds is 7. The molecule has 1 atom stereocenters. The number of carboxylic acid groups (broad SMARTS) is 1. The standard InChI is InChI=1S/C36H34ClN7O4/c1-20-23(25-8-5-9-28(26(25)16-38)40-34(45)33-39-30-19-42(2)12-11-31(30)43(33)3)6-4-7-24(20)35-41-29-15-21(14-27(37)32(29)48-35)17-44-13-10-22(18-44)36(46)47/h4-9,14-15,22H,10-13,17-19H2,1-3H3,(H,40,45)(H,46,47)/t22-/m1/s1. The summed E-state index contributed by atoms with van der Waals surface area (Å²) in [5, 5.41) is 23.1. The number of carbonyl (C=O) groups excluding carboxylic acids is 1. The van der Waals surface area contributed by atoms with Gasteiger partial charge in [-0.25, -0.2) is 9.97 Å². The van der Waals surface area contributed by atoms with Gasteiger partial charge in [-0.3, -0.25) is 14.5 Å². The molecule has 12 heteroatoms. The van der Waals surface area contributed by atoms with Crippen molar-refractivity contribution in [2.45, 2.75) is 32.9 Å². The highest BCUT2D eigenvalue weighted by Gasteiger charge is 2.29. The van der Waals surface area contributed by atoms with E-state index >= 15 is 0 Å². The van der Waals surface area contributed by atoms with Gasteiger partial charge in [0.1, 0.15) is 11.6 Å². The van der Waals surface area contributed by atoms with E-state index in [-0.39, 0.29) is 11.8 Å². The van der Waals surface area contributed by atoms with E-state index < -0.39 is 5.97 Å². The molecule has 1 saturated heterocycles. The van der Waals surface area contributed by atoms with Crippen LogP contribution in [0, 0.1) is 24.2 Å². The highest BCUT2D eigenvalue weighted by molar-refractivity contribution is 6.34. The number of fused-ring (bicyclic) bond motifs is 2. The van der Waals surface area contributed by atoms with E-state index in [0.29, 0.717) is 77.3 Å². The Kier molecular flexibility index (Phi) is 8.25. The number of nitrogens with zero attached hydrogens (tertiary/aromatic N) is 6. The van der Waals surface area contributed by atoms with E-state index in [9.17, 15) is 20.0 Å². The van der Waals surface area contributed by atoms with Gasteiger partial charge in [0.25, 0.3) is 5.91 Å². The summed E-state index contributed by atoms with van der Waals surface area (Å²) in [6.45, 7) is 5.31. The molecule has 2 N–H and O–H groups in total. The summed E-state index contributed by atoms with van der Waals surface area (Å²) in [5.41, 5.74) is 7.74. The normalized spacial score (nSPS) is 16.6. The van der Waals surface area contributed by atoms with Crippen molar-refractivity contribution in [2.75, 3.05) is 32.0 Å². The van der Waals surface area contributed by atoms with Crippen LogP contribution in [-0.2, 0) is 31.4 Å². The molecule has 0 bridgehead atoms. The molecule has 0 aliphatic carbocycles. The molecule has 48 heavy (non-hydrogen) atoms. The van der Waals surface area contributed by atoms with Gasteiger partial charge in [0.05, 0.1) is 27.9 Å². The monoisotopic (exact) mass is 663 g/mol. The number of carbonyl (C=O) groups is 2. The first kappa shape index (κ1) is 31.6. The van der Waals surface area contributed by atoms with Crippen LogP contribution in [0.5, 0.6) is 0 Å². The van der Waals surface area contributed by atoms with Gasteiger partial charge in [0, 0.05) is 56.5 Å². The molecule has 3 aromatic carbocycles. The van der Waals surface area contributed by atoms with Gasteiger partial charge in [-0.2, -0.15) is 5.26 Å². The van der Waals surface area contributed by atoms with Crippen LogP contribution in [-0.4, -0.2) is 68.0 Å². The van der Waals surface area contributed by atoms with Crippen molar-refractivity contribution >= 4 is 40.3 Å². The number of carboxylic acids is 1. The number of nitrogens with one attached hydrogen (secondary N) is 1. The summed E-state index contributed by atoms with van der Waals surface area (Å²) < 4.78 is 8.04. The van der Waals surface area contributed by atoms with Crippen molar-refractivity contribution in [3.63, 3.8) is 0 Å². The van der Waals surface area contributed by atoms with Crippen LogP contribution in [0.4, 0.5) is 5.69 Å². The topological polar surface area (TPSA) is 141 Å². The lowest BCUT2D eigenvalue weighted by molar-refractivity contribution is -0.141. The highest BCUT2D eigenvalue weighted by atomic mass is 35.5. The van der Waals surface area contributed by atoms with Gasteiger partial charge in [0.15, 0.2) is 11.4 Å². The maximum atomic E-state index is 13.5. The molecule has 1 amide bonds. The van der Waals surface area contributed by atoms with Crippen LogP contribution in [0.2, 0.25) is 5.02 Å². The van der Waals surface area contributed by atoms with Gasteiger partial charge in [-0.15, -0.1) is 0 Å². The number of aliphatic carboxylic acids is 1. The molecule has 5 aromatic rings. The molecule has 2 aliphatic heterocycles. The minimum atomic E-state index is -0.765. The maximum absolute atomic E-state index is 13.5. The van der Waals surface area contributed by atoms with Crippen LogP contribution < -0.4 is 5.32 Å². The Morgan fingerprint density at radius 2 is 1.88 bits per heavy atom. The van der Waals surface area contributed by atoms with Gasteiger partial charge in [0.2, 0.25) is 5.89 Å². The average Bonchev–Trinajstić information content (AvgIpc) is 3.79. The third-order valence-corrected chi connectivity index (χ3v) is 9.74. The van der Waals surface area contributed by atoms with Crippen LogP contribution in [0.25, 0.3) is 33.7 Å². The molecule has 4 heterocycles. The first-order valence-electron chi connectivity index (χ1n) is 15.8. The number of nitriles is 1. The van der Waals surface area contributed by atoms with Gasteiger partial charge >= 0.3 is 5.97 Å². The third-order valence-electron chi connectivity index (χ3n) is 9.46. The third kappa shape index (κ3) is 5.72. The van der Waals surface area contributed by atoms with Crippen molar-refractivity contribution in [3.05, 3.63) is 87.5 Å². The van der Waals surface area contributed by atoms with E-state index in [0.717, 1.165) is 46.6 Å². The molecule has 0 spiro atoms. The second-order valence-corrected chi connectivity index (χ2v) is 13.1. The Bertz CT molecular complexity index is 2150. The number of anilines is 1. The number of likely N-dealkylation sites (N-methyl/N-ethyl adjacent to an activating group) is 1. The fourth-order valence-electron chi connectivity index (χ4n) is 6.89. The molecule has 0 radical (unpaired) electrons. The predicted molar refractivity (Wildman–Crippen MR) is 182 cm³/mol. The minimum absolute atomic E-state index is 0.311. The van der Waals surface area contributed by atoms with E-state index in [4.69, 9.17) is 21.0 Å². The van der Waals surface area contributed by atoms with E-state index in [2.05, 4.69) is 26.2 Å². The Labute approximate surface area is 282 Å². The van der Waals surface area contributed by atoms with E-state index in [1.807, 2.05) is 68.1 Å².